The highest BCUT2D eigenvalue weighted by molar-refractivity contribution is 5.77. The predicted molar refractivity (Wildman–Crippen MR) is 65.0 cm³/mol. The number of carbonyl (C=O) groups excluding carboxylic acids is 1. The zero-order valence-corrected chi connectivity index (χ0v) is 10.7. The summed E-state index contributed by atoms with van der Waals surface area (Å²) in [4.78, 5) is 10.8. The van der Waals surface area contributed by atoms with Crippen molar-refractivity contribution in [3.05, 3.63) is 0 Å². The SMILES string of the molecule is NCC(=O)NCCCOC1CC(O)C(O)C(CO)O1. The Kier molecular flexibility index (Phi) is 7.21. The van der Waals surface area contributed by atoms with Crippen LogP contribution >= 0.6 is 0 Å². The Labute approximate surface area is 111 Å². The minimum Gasteiger partial charge on any atom is -0.394 e. The van der Waals surface area contributed by atoms with Crippen molar-refractivity contribution in [2.24, 2.45) is 5.73 Å². The van der Waals surface area contributed by atoms with Gasteiger partial charge in [-0.3, -0.25) is 4.79 Å². The zero-order chi connectivity index (χ0) is 14.3. The molecule has 1 amide bonds. The zero-order valence-electron chi connectivity index (χ0n) is 10.7. The Morgan fingerprint density at radius 3 is 2.84 bits per heavy atom. The summed E-state index contributed by atoms with van der Waals surface area (Å²) in [5.74, 6) is -0.229. The van der Waals surface area contributed by atoms with Crippen molar-refractivity contribution < 1.29 is 29.6 Å². The van der Waals surface area contributed by atoms with E-state index in [4.69, 9.17) is 20.3 Å². The number of aliphatic hydroxyl groups excluding tert-OH is 3. The van der Waals surface area contributed by atoms with Gasteiger partial charge in [0.15, 0.2) is 6.29 Å². The number of carbonyl (C=O) groups is 1. The summed E-state index contributed by atoms with van der Waals surface area (Å²) in [6.45, 7) is 0.341. The van der Waals surface area contributed by atoms with Gasteiger partial charge < -0.3 is 35.8 Å². The molecule has 8 heteroatoms. The maximum Gasteiger partial charge on any atom is 0.233 e. The molecule has 1 saturated heterocycles. The standard InChI is InChI=1S/C11H22N2O6/c12-5-9(16)13-2-1-3-18-10-4-7(15)11(17)8(6-14)19-10/h7-8,10-11,14-15,17H,1-6,12H2,(H,13,16). The highest BCUT2D eigenvalue weighted by Gasteiger charge is 2.36. The number of amides is 1. The number of aliphatic hydroxyl groups is 3. The van der Waals surface area contributed by atoms with Crippen LogP contribution in [-0.4, -0.2) is 72.1 Å². The van der Waals surface area contributed by atoms with Crippen molar-refractivity contribution in [3.63, 3.8) is 0 Å². The minimum absolute atomic E-state index is 0.0468. The van der Waals surface area contributed by atoms with Crippen LogP contribution in [0.5, 0.6) is 0 Å². The summed E-state index contributed by atoms with van der Waals surface area (Å²) >= 11 is 0. The molecule has 1 aliphatic rings. The quantitative estimate of drug-likeness (QED) is 0.320. The molecule has 0 saturated carbocycles. The van der Waals surface area contributed by atoms with Crippen LogP contribution in [0.3, 0.4) is 0 Å². The highest BCUT2D eigenvalue weighted by atomic mass is 16.7. The van der Waals surface area contributed by atoms with Gasteiger partial charge in [0.25, 0.3) is 0 Å². The van der Waals surface area contributed by atoms with Crippen molar-refractivity contribution in [1.82, 2.24) is 5.32 Å². The van der Waals surface area contributed by atoms with Crippen LogP contribution in [0.4, 0.5) is 0 Å². The Hall–Kier alpha value is -0.770. The molecule has 0 radical (unpaired) electrons. The normalized spacial score (nSPS) is 31.2. The first-order chi connectivity index (χ1) is 9.08. The second-order valence-corrected chi connectivity index (χ2v) is 4.36. The molecule has 0 aliphatic carbocycles. The van der Waals surface area contributed by atoms with Crippen LogP contribution in [0.25, 0.3) is 0 Å². The molecular weight excluding hydrogens is 256 g/mol. The average Bonchev–Trinajstić information content (AvgIpc) is 2.41. The Balaban J connectivity index is 2.17. The van der Waals surface area contributed by atoms with E-state index in [1.165, 1.54) is 0 Å². The molecule has 0 aromatic rings. The summed E-state index contributed by atoms with van der Waals surface area (Å²) in [7, 11) is 0. The van der Waals surface area contributed by atoms with E-state index in [9.17, 15) is 15.0 Å². The van der Waals surface area contributed by atoms with E-state index in [0.717, 1.165) is 0 Å². The number of hydrogen-bond donors (Lipinski definition) is 5. The third-order valence-electron chi connectivity index (χ3n) is 2.85. The number of rotatable bonds is 7. The molecule has 1 aliphatic heterocycles. The van der Waals surface area contributed by atoms with E-state index >= 15 is 0 Å². The second-order valence-electron chi connectivity index (χ2n) is 4.36. The molecule has 112 valence electrons. The van der Waals surface area contributed by atoms with E-state index in [1.54, 1.807) is 0 Å². The lowest BCUT2D eigenvalue weighted by atomic mass is 10.0. The summed E-state index contributed by atoms with van der Waals surface area (Å²) in [6, 6.07) is 0. The molecule has 1 rings (SSSR count). The topological polar surface area (TPSA) is 134 Å². The number of nitrogens with one attached hydrogen (secondary N) is 1. The third-order valence-corrected chi connectivity index (χ3v) is 2.85. The van der Waals surface area contributed by atoms with Gasteiger partial charge in [0.05, 0.1) is 25.9 Å². The highest BCUT2D eigenvalue weighted by Crippen LogP contribution is 2.21. The first-order valence-corrected chi connectivity index (χ1v) is 6.29. The lowest BCUT2D eigenvalue weighted by molar-refractivity contribution is -0.256. The number of hydrogen-bond acceptors (Lipinski definition) is 7. The molecular formula is C11H22N2O6. The van der Waals surface area contributed by atoms with Gasteiger partial charge in [-0.25, -0.2) is 0 Å². The van der Waals surface area contributed by atoms with Crippen molar-refractivity contribution in [2.45, 2.75) is 37.4 Å². The van der Waals surface area contributed by atoms with Crippen molar-refractivity contribution in [3.8, 4) is 0 Å². The first-order valence-electron chi connectivity index (χ1n) is 6.29. The molecule has 4 unspecified atom stereocenters. The first kappa shape index (κ1) is 16.3. The predicted octanol–water partition coefficient (Wildman–Crippen LogP) is -2.70. The maximum absolute atomic E-state index is 10.8. The van der Waals surface area contributed by atoms with Crippen LogP contribution < -0.4 is 11.1 Å². The lowest BCUT2D eigenvalue weighted by Crippen LogP contribution is -2.50. The lowest BCUT2D eigenvalue weighted by Gasteiger charge is -2.36. The molecule has 0 aromatic heterocycles. The van der Waals surface area contributed by atoms with E-state index < -0.39 is 24.6 Å². The fourth-order valence-corrected chi connectivity index (χ4v) is 1.76. The van der Waals surface area contributed by atoms with Crippen LogP contribution in [0.15, 0.2) is 0 Å². The van der Waals surface area contributed by atoms with Crippen molar-refractivity contribution in [2.75, 3.05) is 26.3 Å². The fourth-order valence-electron chi connectivity index (χ4n) is 1.76. The molecule has 1 fully saturated rings. The Morgan fingerprint density at radius 1 is 1.47 bits per heavy atom. The largest absolute Gasteiger partial charge is 0.394 e. The second kappa shape index (κ2) is 8.41. The van der Waals surface area contributed by atoms with Gasteiger partial charge in [-0.2, -0.15) is 0 Å². The average molecular weight is 278 g/mol. The maximum atomic E-state index is 10.8. The van der Waals surface area contributed by atoms with E-state index in [1.807, 2.05) is 0 Å². The number of ether oxygens (including phenoxy) is 2. The molecule has 1 heterocycles. The minimum atomic E-state index is -1.10. The monoisotopic (exact) mass is 278 g/mol. The molecule has 0 aromatic carbocycles. The molecule has 6 N–H and O–H groups in total. The van der Waals surface area contributed by atoms with Gasteiger partial charge in [0, 0.05) is 13.0 Å². The summed E-state index contributed by atoms with van der Waals surface area (Å²) in [5.41, 5.74) is 5.12. The van der Waals surface area contributed by atoms with Crippen molar-refractivity contribution in [1.29, 1.82) is 0 Å². The van der Waals surface area contributed by atoms with Crippen LogP contribution in [0.1, 0.15) is 12.8 Å². The fraction of sp³-hybridized carbons (Fsp3) is 0.909. The Morgan fingerprint density at radius 2 is 2.21 bits per heavy atom. The van der Waals surface area contributed by atoms with Crippen molar-refractivity contribution >= 4 is 5.91 Å². The van der Waals surface area contributed by atoms with Gasteiger partial charge in [-0.05, 0) is 6.42 Å². The van der Waals surface area contributed by atoms with Crippen LogP contribution in [0.2, 0.25) is 0 Å². The molecule has 19 heavy (non-hydrogen) atoms. The van der Waals surface area contributed by atoms with Gasteiger partial charge in [0.1, 0.15) is 12.2 Å². The molecule has 8 nitrogen and oxygen atoms in total. The van der Waals surface area contributed by atoms with E-state index in [-0.39, 0.29) is 25.5 Å². The number of nitrogens with two attached hydrogens (primary N) is 1. The molecule has 4 atom stereocenters. The smallest absolute Gasteiger partial charge is 0.233 e. The van der Waals surface area contributed by atoms with Gasteiger partial charge in [-0.1, -0.05) is 0 Å². The van der Waals surface area contributed by atoms with E-state index in [2.05, 4.69) is 5.32 Å². The third kappa shape index (κ3) is 5.39. The van der Waals surface area contributed by atoms with Gasteiger partial charge in [0.2, 0.25) is 5.91 Å². The summed E-state index contributed by atoms with van der Waals surface area (Å²) in [5, 5.41) is 30.6. The van der Waals surface area contributed by atoms with Crippen LogP contribution in [0, 0.1) is 0 Å². The van der Waals surface area contributed by atoms with Crippen LogP contribution in [-0.2, 0) is 14.3 Å². The molecule has 0 bridgehead atoms. The Bertz CT molecular complexity index is 278. The van der Waals surface area contributed by atoms with Gasteiger partial charge >= 0.3 is 0 Å². The summed E-state index contributed by atoms with van der Waals surface area (Å²) < 4.78 is 10.6. The van der Waals surface area contributed by atoms with Gasteiger partial charge in [-0.15, -0.1) is 0 Å². The molecule has 0 spiro atoms. The van der Waals surface area contributed by atoms with E-state index in [0.29, 0.717) is 19.6 Å². The summed E-state index contributed by atoms with van der Waals surface area (Å²) in [6.07, 6.45) is -2.87.